The normalized spacial score (nSPS) is 29.3. The molecule has 2 unspecified atom stereocenters. The summed E-state index contributed by atoms with van der Waals surface area (Å²) in [5, 5.41) is 3.38. The minimum Gasteiger partial charge on any atom is -0.314 e. The summed E-state index contributed by atoms with van der Waals surface area (Å²) in [6.45, 7) is 6.30. The largest absolute Gasteiger partial charge is 0.314 e. The maximum Gasteiger partial charge on any atom is 0.279 e. The van der Waals surface area contributed by atoms with Crippen LogP contribution in [-0.4, -0.2) is 45.4 Å². The molecule has 0 radical (unpaired) electrons. The van der Waals surface area contributed by atoms with Gasteiger partial charge in [-0.2, -0.15) is 12.7 Å². The van der Waals surface area contributed by atoms with Gasteiger partial charge in [0, 0.05) is 26.2 Å². The van der Waals surface area contributed by atoms with Crippen molar-refractivity contribution in [3.63, 3.8) is 0 Å². The molecule has 0 amide bonds. The van der Waals surface area contributed by atoms with Crippen molar-refractivity contribution in [3.8, 4) is 0 Å². The van der Waals surface area contributed by atoms with Crippen LogP contribution in [0.1, 0.15) is 20.3 Å². The van der Waals surface area contributed by atoms with Crippen molar-refractivity contribution < 1.29 is 8.42 Å². The van der Waals surface area contributed by atoms with E-state index < -0.39 is 10.2 Å². The zero-order chi connectivity index (χ0) is 11.5. The van der Waals surface area contributed by atoms with Crippen molar-refractivity contribution in [1.29, 1.82) is 0 Å². The number of rotatable bonds is 4. The molecule has 2 N–H and O–H groups in total. The second-order valence-electron chi connectivity index (χ2n) is 4.00. The summed E-state index contributed by atoms with van der Waals surface area (Å²) in [4.78, 5) is 0. The summed E-state index contributed by atoms with van der Waals surface area (Å²) in [5.41, 5.74) is 0. The summed E-state index contributed by atoms with van der Waals surface area (Å²) in [6.07, 6.45) is 0.885. The van der Waals surface area contributed by atoms with E-state index in [0.717, 1.165) is 13.0 Å². The first-order valence-corrected chi connectivity index (χ1v) is 6.87. The van der Waals surface area contributed by atoms with Gasteiger partial charge in [-0.3, -0.25) is 0 Å². The molecule has 1 saturated heterocycles. The molecule has 0 aromatic heterocycles. The van der Waals surface area contributed by atoms with Crippen molar-refractivity contribution in [2.45, 2.75) is 26.3 Å². The molecule has 0 aromatic carbocycles. The van der Waals surface area contributed by atoms with Gasteiger partial charge in [0.15, 0.2) is 0 Å². The zero-order valence-electron chi connectivity index (χ0n) is 9.66. The maximum absolute atomic E-state index is 11.6. The number of hydrogen-bond acceptors (Lipinski definition) is 3. The Kier molecular flexibility index (Phi) is 4.51. The van der Waals surface area contributed by atoms with Gasteiger partial charge in [-0.25, -0.2) is 4.72 Å². The molecule has 1 rings (SSSR count). The molecular weight excluding hydrogens is 214 g/mol. The minimum atomic E-state index is -3.24. The maximum atomic E-state index is 11.6. The first kappa shape index (κ1) is 12.9. The van der Waals surface area contributed by atoms with Gasteiger partial charge in [0.2, 0.25) is 0 Å². The average Bonchev–Trinajstić information content (AvgIpc) is 2.21. The van der Waals surface area contributed by atoms with Crippen molar-refractivity contribution in [2.75, 3.05) is 26.7 Å². The topological polar surface area (TPSA) is 61.4 Å². The van der Waals surface area contributed by atoms with E-state index in [2.05, 4.69) is 23.9 Å². The van der Waals surface area contributed by atoms with Gasteiger partial charge in [0.1, 0.15) is 0 Å². The zero-order valence-corrected chi connectivity index (χ0v) is 10.5. The highest BCUT2D eigenvalue weighted by molar-refractivity contribution is 7.87. The van der Waals surface area contributed by atoms with Gasteiger partial charge in [-0.05, 0) is 18.9 Å². The number of nitrogens with one attached hydrogen (secondary N) is 2. The highest BCUT2D eigenvalue weighted by atomic mass is 32.2. The van der Waals surface area contributed by atoms with Crippen LogP contribution in [0.5, 0.6) is 0 Å². The summed E-state index contributed by atoms with van der Waals surface area (Å²) in [6, 6.07) is 0.443. The third kappa shape index (κ3) is 3.14. The molecule has 0 saturated carbocycles. The van der Waals surface area contributed by atoms with Crippen LogP contribution >= 0.6 is 0 Å². The highest BCUT2D eigenvalue weighted by Gasteiger charge is 2.31. The van der Waals surface area contributed by atoms with Crippen LogP contribution in [0.4, 0.5) is 0 Å². The lowest BCUT2D eigenvalue weighted by Crippen LogP contribution is -2.52. The monoisotopic (exact) mass is 235 g/mol. The molecular formula is C9H21N3O2S. The molecule has 90 valence electrons. The third-order valence-electron chi connectivity index (χ3n) is 2.93. The Balaban J connectivity index is 2.58. The standard InChI is InChI=1S/C9H21N3O2S/c1-4-11-9-5-6-12(7-8(9)2)15(13,14)10-3/h8-11H,4-7H2,1-3H3. The summed E-state index contributed by atoms with van der Waals surface area (Å²) < 4.78 is 27.0. The lowest BCUT2D eigenvalue weighted by molar-refractivity contribution is 0.221. The fourth-order valence-corrected chi connectivity index (χ4v) is 3.06. The molecule has 0 bridgehead atoms. The van der Waals surface area contributed by atoms with Crippen LogP contribution < -0.4 is 10.0 Å². The lowest BCUT2D eigenvalue weighted by Gasteiger charge is -2.36. The van der Waals surface area contributed by atoms with Gasteiger partial charge < -0.3 is 5.32 Å². The van der Waals surface area contributed by atoms with Crippen LogP contribution in [0.3, 0.4) is 0 Å². The molecule has 1 aliphatic rings. The Labute approximate surface area is 92.4 Å². The van der Waals surface area contributed by atoms with E-state index in [1.165, 1.54) is 11.4 Å². The van der Waals surface area contributed by atoms with Crippen molar-refractivity contribution >= 4 is 10.2 Å². The predicted molar refractivity (Wildman–Crippen MR) is 60.8 cm³/mol. The van der Waals surface area contributed by atoms with Gasteiger partial charge in [0.25, 0.3) is 10.2 Å². The highest BCUT2D eigenvalue weighted by Crippen LogP contribution is 2.18. The van der Waals surface area contributed by atoms with Gasteiger partial charge in [-0.1, -0.05) is 13.8 Å². The van der Waals surface area contributed by atoms with Crippen LogP contribution in [0.15, 0.2) is 0 Å². The number of nitrogens with zero attached hydrogens (tertiary/aromatic N) is 1. The molecule has 5 nitrogen and oxygen atoms in total. The lowest BCUT2D eigenvalue weighted by atomic mass is 9.95. The molecule has 2 atom stereocenters. The smallest absolute Gasteiger partial charge is 0.279 e. The van der Waals surface area contributed by atoms with E-state index in [4.69, 9.17) is 0 Å². The quantitative estimate of drug-likeness (QED) is 0.707. The van der Waals surface area contributed by atoms with Crippen molar-refractivity contribution in [1.82, 2.24) is 14.3 Å². The molecule has 1 aliphatic heterocycles. The Bertz CT molecular complexity index is 292. The molecule has 1 fully saturated rings. The number of piperidine rings is 1. The Morgan fingerprint density at radius 3 is 2.60 bits per heavy atom. The molecule has 0 aliphatic carbocycles. The van der Waals surface area contributed by atoms with Crippen LogP contribution in [-0.2, 0) is 10.2 Å². The molecule has 0 aromatic rings. The summed E-state index contributed by atoms with van der Waals surface area (Å²) in [5.74, 6) is 0.363. The van der Waals surface area contributed by atoms with Crippen molar-refractivity contribution in [2.24, 2.45) is 5.92 Å². The van der Waals surface area contributed by atoms with E-state index in [0.29, 0.717) is 25.0 Å². The molecule has 6 heteroatoms. The van der Waals surface area contributed by atoms with Crippen molar-refractivity contribution in [3.05, 3.63) is 0 Å². The first-order chi connectivity index (χ1) is 7.01. The molecule has 15 heavy (non-hydrogen) atoms. The van der Waals surface area contributed by atoms with E-state index in [9.17, 15) is 8.42 Å². The van der Waals surface area contributed by atoms with E-state index in [1.54, 1.807) is 0 Å². The number of hydrogen-bond donors (Lipinski definition) is 2. The first-order valence-electron chi connectivity index (χ1n) is 5.43. The summed E-state index contributed by atoms with van der Waals surface area (Å²) in [7, 11) is -1.78. The van der Waals surface area contributed by atoms with E-state index in [-0.39, 0.29) is 0 Å². The fraction of sp³-hybridized carbons (Fsp3) is 1.00. The summed E-state index contributed by atoms with van der Waals surface area (Å²) >= 11 is 0. The molecule has 0 spiro atoms. The van der Waals surface area contributed by atoms with Crippen LogP contribution in [0.2, 0.25) is 0 Å². The van der Waals surface area contributed by atoms with Crippen LogP contribution in [0, 0.1) is 5.92 Å². The third-order valence-corrected chi connectivity index (χ3v) is 4.46. The van der Waals surface area contributed by atoms with Crippen LogP contribution in [0.25, 0.3) is 0 Å². The van der Waals surface area contributed by atoms with E-state index in [1.807, 2.05) is 0 Å². The second kappa shape index (κ2) is 5.25. The Hall–Kier alpha value is -0.170. The van der Waals surface area contributed by atoms with E-state index >= 15 is 0 Å². The van der Waals surface area contributed by atoms with Gasteiger partial charge in [-0.15, -0.1) is 0 Å². The molecule has 1 heterocycles. The fourth-order valence-electron chi connectivity index (χ4n) is 2.02. The van der Waals surface area contributed by atoms with Gasteiger partial charge >= 0.3 is 0 Å². The predicted octanol–water partition coefficient (Wildman–Crippen LogP) is -0.229. The second-order valence-corrected chi connectivity index (χ2v) is 5.87. The minimum absolute atomic E-state index is 0.363. The average molecular weight is 235 g/mol. The Morgan fingerprint density at radius 1 is 1.47 bits per heavy atom. The van der Waals surface area contributed by atoms with Gasteiger partial charge in [0.05, 0.1) is 0 Å². The SMILES string of the molecule is CCNC1CCN(S(=O)(=O)NC)CC1C. The Morgan fingerprint density at radius 2 is 2.13 bits per heavy atom.